The molecule has 1 saturated carbocycles. The number of aliphatic hydroxyl groups is 3. The monoisotopic (exact) mass is 540 g/mol. The maximum absolute atomic E-state index is 13.9. The van der Waals surface area contributed by atoms with Crippen molar-refractivity contribution < 1.29 is 34.8 Å². The van der Waals surface area contributed by atoms with Crippen molar-refractivity contribution in [3.63, 3.8) is 0 Å². The number of likely N-dealkylation sites (N-methyl/N-ethyl adjacent to an activating group) is 1. The first-order valence-electron chi connectivity index (χ1n) is 13.2. The van der Waals surface area contributed by atoms with Gasteiger partial charge in [0.2, 0.25) is 5.78 Å². The summed E-state index contributed by atoms with van der Waals surface area (Å²) in [5.41, 5.74) is 4.03. The minimum absolute atomic E-state index is 0.0189. The Bertz CT molecular complexity index is 1340. The molecule has 1 amide bonds. The number of nitrogens with one attached hydrogen (secondary N) is 1. The van der Waals surface area contributed by atoms with Gasteiger partial charge in [-0.15, -0.1) is 0 Å². The fourth-order valence-electron chi connectivity index (χ4n) is 6.80. The third kappa shape index (κ3) is 4.02. The lowest BCUT2D eigenvalue weighted by atomic mass is 9.58. The molecule has 0 spiro atoms. The summed E-state index contributed by atoms with van der Waals surface area (Å²) in [7, 11) is 6.94. The van der Waals surface area contributed by atoms with Crippen LogP contribution in [0.5, 0.6) is 5.75 Å². The SMILES string of the molecule is CN(C)c1c(CNCC2CC2)cc(O)c2c1C[C@H]1C[C@H]3[C@H](N(C)C)C(O)=C(C(N)=O)C(=O)[C@@]3(O)C(O)=C1C2=O. The van der Waals surface area contributed by atoms with Crippen molar-refractivity contribution in [1.82, 2.24) is 10.2 Å². The van der Waals surface area contributed by atoms with Crippen LogP contribution in [0.15, 0.2) is 28.7 Å². The third-order valence-electron chi connectivity index (χ3n) is 8.67. The fourth-order valence-corrected chi connectivity index (χ4v) is 6.80. The van der Waals surface area contributed by atoms with Gasteiger partial charge in [-0.05, 0) is 75.4 Å². The van der Waals surface area contributed by atoms with E-state index in [9.17, 15) is 34.8 Å². The second-order valence-electron chi connectivity index (χ2n) is 11.7. The zero-order valence-corrected chi connectivity index (χ0v) is 22.6. The Morgan fingerprint density at radius 3 is 2.38 bits per heavy atom. The van der Waals surface area contributed by atoms with Crippen molar-refractivity contribution >= 4 is 23.2 Å². The summed E-state index contributed by atoms with van der Waals surface area (Å²) in [6.07, 6.45) is 2.72. The Morgan fingerprint density at radius 2 is 1.82 bits per heavy atom. The maximum Gasteiger partial charge on any atom is 0.255 e. The second kappa shape index (κ2) is 9.35. The number of anilines is 1. The van der Waals surface area contributed by atoms with Crippen LogP contribution >= 0.6 is 0 Å². The average molecular weight is 541 g/mol. The van der Waals surface area contributed by atoms with Crippen LogP contribution in [0.1, 0.15) is 40.7 Å². The van der Waals surface area contributed by atoms with E-state index in [1.807, 2.05) is 19.0 Å². The summed E-state index contributed by atoms with van der Waals surface area (Å²) in [5, 5.41) is 48.5. The van der Waals surface area contributed by atoms with Crippen LogP contribution in [0, 0.1) is 17.8 Å². The number of Topliss-reactive ketones (excluding diaryl/α,β-unsaturated/α-hetero) is 2. The van der Waals surface area contributed by atoms with E-state index in [4.69, 9.17) is 5.73 Å². The standard InChI is InChI=1S/C28H36N4O7/c1-31(2)21-14(11-30-10-12-5-6-12)9-17(33)19-15(21)7-13-8-16-22(32(3)4)24(35)20(27(29)38)26(37)28(16,39)25(36)18(13)23(19)34/h9,12-13,16,22,30,33,35-36,39H,5-8,10-11H2,1-4H3,(H2,29,38)/t13-,16-,22-,28-/m0/s1. The molecule has 4 aliphatic carbocycles. The molecule has 0 unspecified atom stereocenters. The smallest absolute Gasteiger partial charge is 0.255 e. The fraction of sp³-hybridized carbons (Fsp3) is 0.536. The lowest BCUT2D eigenvalue weighted by Gasteiger charge is -2.50. The van der Waals surface area contributed by atoms with Gasteiger partial charge in [-0.25, -0.2) is 0 Å². The van der Waals surface area contributed by atoms with Crippen LogP contribution in [0.2, 0.25) is 0 Å². The molecule has 39 heavy (non-hydrogen) atoms. The molecule has 0 aliphatic heterocycles. The van der Waals surface area contributed by atoms with Crippen LogP contribution in [0.3, 0.4) is 0 Å². The summed E-state index contributed by atoms with van der Waals surface area (Å²) >= 11 is 0. The molecular weight excluding hydrogens is 504 g/mol. The third-order valence-corrected chi connectivity index (χ3v) is 8.67. The van der Waals surface area contributed by atoms with E-state index in [0.29, 0.717) is 18.0 Å². The van der Waals surface area contributed by atoms with Crippen molar-refractivity contribution in [2.75, 3.05) is 39.6 Å². The van der Waals surface area contributed by atoms with Crippen molar-refractivity contribution in [3.05, 3.63) is 45.4 Å². The van der Waals surface area contributed by atoms with Gasteiger partial charge in [0, 0.05) is 37.8 Å². The van der Waals surface area contributed by atoms with Gasteiger partial charge in [-0.1, -0.05) is 0 Å². The molecule has 7 N–H and O–H groups in total. The van der Waals surface area contributed by atoms with Gasteiger partial charge in [0.15, 0.2) is 11.4 Å². The molecule has 1 aromatic carbocycles. The molecule has 5 rings (SSSR count). The first kappa shape index (κ1) is 27.2. The van der Waals surface area contributed by atoms with E-state index >= 15 is 0 Å². The number of nitrogens with two attached hydrogens (primary N) is 1. The lowest BCUT2D eigenvalue weighted by Crippen LogP contribution is -2.63. The van der Waals surface area contributed by atoms with E-state index in [2.05, 4.69) is 5.32 Å². The van der Waals surface area contributed by atoms with Crippen molar-refractivity contribution in [3.8, 4) is 5.75 Å². The van der Waals surface area contributed by atoms with Gasteiger partial charge in [-0.3, -0.25) is 19.3 Å². The van der Waals surface area contributed by atoms with Crippen LogP contribution in [0.25, 0.3) is 0 Å². The second-order valence-corrected chi connectivity index (χ2v) is 11.7. The van der Waals surface area contributed by atoms with Crippen LogP contribution in [0.4, 0.5) is 5.69 Å². The molecule has 0 bridgehead atoms. The number of phenols is 1. The Balaban J connectivity index is 1.65. The molecule has 11 nitrogen and oxygen atoms in total. The Kier molecular flexibility index (Phi) is 6.52. The number of fused-ring (bicyclic) bond motifs is 3. The summed E-state index contributed by atoms with van der Waals surface area (Å²) in [5.74, 6) is -5.84. The van der Waals surface area contributed by atoms with Gasteiger partial charge in [0.25, 0.3) is 5.91 Å². The number of allylic oxidation sites excluding steroid dienone is 1. The van der Waals surface area contributed by atoms with Crippen molar-refractivity contribution in [1.29, 1.82) is 0 Å². The maximum atomic E-state index is 13.9. The van der Waals surface area contributed by atoms with E-state index in [1.165, 1.54) is 17.7 Å². The summed E-state index contributed by atoms with van der Waals surface area (Å²) in [4.78, 5) is 42.8. The zero-order valence-electron chi connectivity index (χ0n) is 22.6. The number of amides is 1. The van der Waals surface area contributed by atoms with Crippen LogP contribution in [-0.2, 0) is 22.6 Å². The average Bonchev–Trinajstić information content (AvgIpc) is 3.65. The number of carbonyl (C=O) groups excluding carboxylic acids is 3. The van der Waals surface area contributed by atoms with Gasteiger partial charge in [0.05, 0.1) is 11.6 Å². The highest BCUT2D eigenvalue weighted by atomic mass is 16.3. The number of rotatable bonds is 7. The molecule has 4 atom stereocenters. The lowest BCUT2D eigenvalue weighted by molar-refractivity contribution is -0.148. The number of aliphatic hydroxyl groups excluding tert-OH is 2. The van der Waals surface area contributed by atoms with E-state index < -0.39 is 58.0 Å². The Hall–Kier alpha value is -3.41. The summed E-state index contributed by atoms with van der Waals surface area (Å²) in [6.45, 7) is 1.38. The highest BCUT2D eigenvalue weighted by molar-refractivity contribution is 6.24. The normalized spacial score (nSPS) is 28.4. The molecular formula is C28H36N4O7. The van der Waals surface area contributed by atoms with E-state index in [0.717, 1.165) is 17.8 Å². The van der Waals surface area contributed by atoms with Crippen LogP contribution in [-0.4, -0.2) is 89.2 Å². The van der Waals surface area contributed by atoms with Crippen LogP contribution < -0.4 is 16.0 Å². The van der Waals surface area contributed by atoms with E-state index in [-0.39, 0.29) is 29.7 Å². The first-order chi connectivity index (χ1) is 18.3. The number of hydrogen-bond donors (Lipinski definition) is 6. The molecule has 0 aromatic heterocycles. The molecule has 210 valence electrons. The van der Waals surface area contributed by atoms with Gasteiger partial charge < -0.3 is 36.4 Å². The number of phenolic OH excluding ortho intramolecular Hbond substituents is 1. The Morgan fingerprint density at radius 1 is 1.15 bits per heavy atom. The predicted molar refractivity (Wildman–Crippen MR) is 142 cm³/mol. The highest BCUT2D eigenvalue weighted by Gasteiger charge is 2.63. The number of nitrogens with zero attached hydrogens (tertiary/aromatic N) is 2. The molecule has 4 aliphatic rings. The molecule has 1 aromatic rings. The summed E-state index contributed by atoms with van der Waals surface area (Å²) in [6, 6.07) is 0.527. The first-order valence-corrected chi connectivity index (χ1v) is 13.2. The predicted octanol–water partition coefficient (Wildman–Crippen LogP) is 0.686. The molecule has 0 heterocycles. The number of primary amides is 1. The largest absolute Gasteiger partial charge is 0.510 e. The highest BCUT2D eigenvalue weighted by Crippen LogP contribution is 2.53. The Labute approximate surface area is 226 Å². The number of carbonyl (C=O) groups is 3. The molecule has 1 fully saturated rings. The van der Waals surface area contributed by atoms with E-state index in [1.54, 1.807) is 20.2 Å². The number of ketones is 2. The quantitative estimate of drug-likeness (QED) is 0.270. The zero-order chi connectivity index (χ0) is 28.5. The molecule has 0 radical (unpaired) electrons. The molecule has 11 heteroatoms. The van der Waals surface area contributed by atoms with Gasteiger partial charge in [-0.2, -0.15) is 0 Å². The minimum atomic E-state index is -2.64. The number of aromatic hydroxyl groups is 1. The van der Waals surface area contributed by atoms with Crippen molar-refractivity contribution in [2.24, 2.45) is 23.5 Å². The number of hydrogen-bond acceptors (Lipinski definition) is 10. The molecule has 0 saturated heterocycles. The van der Waals surface area contributed by atoms with Gasteiger partial charge >= 0.3 is 0 Å². The summed E-state index contributed by atoms with van der Waals surface area (Å²) < 4.78 is 0. The minimum Gasteiger partial charge on any atom is -0.510 e. The topological polar surface area (TPSA) is 177 Å². The number of benzene rings is 1. The van der Waals surface area contributed by atoms with Gasteiger partial charge in [0.1, 0.15) is 22.8 Å². The van der Waals surface area contributed by atoms with Crippen molar-refractivity contribution in [2.45, 2.75) is 43.9 Å².